The molecule has 0 atom stereocenters. The summed E-state index contributed by atoms with van der Waals surface area (Å²) < 4.78 is 5.91. The van der Waals surface area contributed by atoms with Crippen LogP contribution in [0.4, 0.5) is 5.69 Å². The summed E-state index contributed by atoms with van der Waals surface area (Å²) in [4.78, 5) is 12.7. The van der Waals surface area contributed by atoms with Crippen LogP contribution in [0.2, 0.25) is 0 Å². The number of amides is 1. The molecule has 0 bridgehead atoms. The maximum absolute atomic E-state index is 12.7. The zero-order valence-corrected chi connectivity index (χ0v) is 15.8. The molecule has 5 rings (SSSR count). The number of benzene rings is 3. The lowest BCUT2D eigenvalue weighted by molar-refractivity contribution is 0.102. The second kappa shape index (κ2) is 7.16. The van der Waals surface area contributed by atoms with Crippen LogP contribution in [-0.2, 0) is 0 Å². The lowest BCUT2D eigenvalue weighted by Crippen LogP contribution is -2.12. The molecule has 28 heavy (non-hydrogen) atoms. The molecule has 1 saturated carbocycles. The Balaban J connectivity index is 1.35. The van der Waals surface area contributed by atoms with Gasteiger partial charge in [-0.1, -0.05) is 49.6 Å². The zero-order valence-electron chi connectivity index (χ0n) is 15.8. The van der Waals surface area contributed by atoms with E-state index in [4.69, 9.17) is 4.42 Å². The molecule has 1 N–H and O–H groups in total. The fourth-order valence-corrected chi connectivity index (χ4v) is 4.35. The van der Waals surface area contributed by atoms with E-state index in [0.717, 1.165) is 27.6 Å². The van der Waals surface area contributed by atoms with Crippen molar-refractivity contribution in [1.29, 1.82) is 0 Å². The van der Waals surface area contributed by atoms with Crippen LogP contribution in [0.3, 0.4) is 0 Å². The van der Waals surface area contributed by atoms with E-state index >= 15 is 0 Å². The SMILES string of the molecule is O=C(Nc1ccc2c(c1)oc1ccccc12)c1ccc(C2CCCCC2)cc1. The van der Waals surface area contributed by atoms with Gasteiger partial charge >= 0.3 is 0 Å². The van der Waals surface area contributed by atoms with Crippen LogP contribution in [0.1, 0.15) is 53.9 Å². The summed E-state index contributed by atoms with van der Waals surface area (Å²) in [5, 5.41) is 5.15. The molecule has 1 fully saturated rings. The maximum Gasteiger partial charge on any atom is 0.255 e. The Kier molecular flexibility index (Phi) is 4.36. The van der Waals surface area contributed by atoms with Crippen molar-refractivity contribution >= 4 is 33.5 Å². The number of anilines is 1. The first-order chi connectivity index (χ1) is 13.8. The first kappa shape index (κ1) is 17.1. The number of hydrogen-bond donors (Lipinski definition) is 1. The Bertz CT molecular complexity index is 1130. The van der Waals surface area contributed by atoms with Crippen LogP contribution >= 0.6 is 0 Å². The van der Waals surface area contributed by atoms with Crippen molar-refractivity contribution in [3.05, 3.63) is 77.9 Å². The number of carbonyl (C=O) groups excluding carboxylic acids is 1. The van der Waals surface area contributed by atoms with E-state index in [1.165, 1.54) is 37.7 Å². The van der Waals surface area contributed by atoms with Gasteiger partial charge in [-0.15, -0.1) is 0 Å². The number of hydrogen-bond acceptors (Lipinski definition) is 2. The largest absolute Gasteiger partial charge is 0.456 e. The first-order valence-corrected chi connectivity index (χ1v) is 10.1. The molecule has 0 aliphatic heterocycles. The minimum Gasteiger partial charge on any atom is -0.456 e. The third kappa shape index (κ3) is 3.18. The summed E-state index contributed by atoms with van der Waals surface area (Å²) in [6, 6.07) is 21.9. The molecule has 1 amide bonds. The molecule has 0 unspecified atom stereocenters. The van der Waals surface area contributed by atoms with Crippen molar-refractivity contribution in [2.24, 2.45) is 0 Å². The van der Waals surface area contributed by atoms with Gasteiger partial charge in [-0.05, 0) is 54.7 Å². The van der Waals surface area contributed by atoms with Crippen molar-refractivity contribution in [1.82, 2.24) is 0 Å². The van der Waals surface area contributed by atoms with E-state index in [1.807, 2.05) is 54.6 Å². The van der Waals surface area contributed by atoms with Crippen LogP contribution in [0.25, 0.3) is 21.9 Å². The van der Waals surface area contributed by atoms with Crippen LogP contribution < -0.4 is 5.32 Å². The fourth-order valence-electron chi connectivity index (χ4n) is 4.35. The van der Waals surface area contributed by atoms with Gasteiger partial charge in [0.05, 0.1) is 0 Å². The third-order valence-electron chi connectivity index (χ3n) is 5.89. The Labute approximate surface area is 164 Å². The Morgan fingerprint density at radius 2 is 1.57 bits per heavy atom. The highest BCUT2D eigenvalue weighted by molar-refractivity contribution is 6.08. The van der Waals surface area contributed by atoms with Crippen molar-refractivity contribution in [2.45, 2.75) is 38.0 Å². The minimum absolute atomic E-state index is 0.0920. The molecule has 4 aromatic rings. The number of carbonyl (C=O) groups is 1. The molecule has 1 heterocycles. The summed E-state index contributed by atoms with van der Waals surface area (Å²) in [5.41, 5.74) is 4.43. The highest BCUT2D eigenvalue weighted by Crippen LogP contribution is 2.33. The fraction of sp³-hybridized carbons (Fsp3) is 0.240. The Morgan fingerprint density at radius 3 is 2.39 bits per heavy atom. The molecule has 3 aromatic carbocycles. The topological polar surface area (TPSA) is 42.2 Å². The average molecular weight is 369 g/mol. The molecule has 0 spiro atoms. The summed E-state index contributed by atoms with van der Waals surface area (Å²) in [6.07, 6.45) is 6.52. The lowest BCUT2D eigenvalue weighted by atomic mass is 9.84. The van der Waals surface area contributed by atoms with E-state index in [2.05, 4.69) is 17.4 Å². The second-order valence-electron chi connectivity index (χ2n) is 7.72. The van der Waals surface area contributed by atoms with Gasteiger partial charge in [0.25, 0.3) is 5.91 Å². The number of nitrogens with one attached hydrogen (secondary N) is 1. The normalized spacial score (nSPS) is 15.1. The van der Waals surface area contributed by atoms with E-state index in [1.54, 1.807) is 0 Å². The Morgan fingerprint density at radius 1 is 0.821 bits per heavy atom. The highest BCUT2D eigenvalue weighted by Gasteiger charge is 2.16. The summed E-state index contributed by atoms with van der Waals surface area (Å²) >= 11 is 0. The predicted molar refractivity (Wildman–Crippen MR) is 114 cm³/mol. The number of fused-ring (bicyclic) bond motifs is 3. The zero-order chi connectivity index (χ0) is 18.9. The standard InChI is InChI=1S/C25H23NO2/c27-25(19-12-10-18(11-13-19)17-6-2-1-3-7-17)26-20-14-15-22-21-8-4-5-9-23(21)28-24(22)16-20/h4-5,8-17H,1-3,6-7H2,(H,26,27). The van der Waals surface area contributed by atoms with Crippen LogP contribution in [0, 0.1) is 0 Å². The predicted octanol–water partition coefficient (Wildman–Crippen LogP) is 6.89. The summed E-state index contributed by atoms with van der Waals surface area (Å²) in [5.74, 6) is 0.562. The molecular weight excluding hydrogens is 346 g/mol. The van der Waals surface area contributed by atoms with Gasteiger partial charge in [0, 0.05) is 28.1 Å². The third-order valence-corrected chi connectivity index (χ3v) is 5.89. The van der Waals surface area contributed by atoms with E-state index in [9.17, 15) is 4.79 Å². The average Bonchev–Trinajstić information content (AvgIpc) is 3.12. The molecular formula is C25H23NO2. The lowest BCUT2D eigenvalue weighted by Gasteiger charge is -2.22. The van der Waals surface area contributed by atoms with Gasteiger partial charge in [0.15, 0.2) is 0 Å². The van der Waals surface area contributed by atoms with E-state index in [0.29, 0.717) is 11.5 Å². The molecule has 3 heteroatoms. The molecule has 1 aromatic heterocycles. The number of furan rings is 1. The Hall–Kier alpha value is -3.07. The second-order valence-corrected chi connectivity index (χ2v) is 7.72. The van der Waals surface area contributed by atoms with Gasteiger partial charge in [-0.25, -0.2) is 0 Å². The quantitative estimate of drug-likeness (QED) is 0.427. The first-order valence-electron chi connectivity index (χ1n) is 10.1. The van der Waals surface area contributed by atoms with E-state index in [-0.39, 0.29) is 5.91 Å². The van der Waals surface area contributed by atoms with Crippen molar-refractivity contribution in [3.8, 4) is 0 Å². The van der Waals surface area contributed by atoms with Crippen LogP contribution in [0.5, 0.6) is 0 Å². The number of para-hydroxylation sites is 1. The summed E-state index contributed by atoms with van der Waals surface area (Å²) in [7, 11) is 0. The van der Waals surface area contributed by atoms with Gasteiger partial charge in [-0.2, -0.15) is 0 Å². The van der Waals surface area contributed by atoms with Crippen molar-refractivity contribution < 1.29 is 9.21 Å². The van der Waals surface area contributed by atoms with E-state index < -0.39 is 0 Å². The van der Waals surface area contributed by atoms with Gasteiger partial charge in [0.2, 0.25) is 0 Å². The van der Waals surface area contributed by atoms with Crippen LogP contribution in [-0.4, -0.2) is 5.91 Å². The van der Waals surface area contributed by atoms with Crippen molar-refractivity contribution in [3.63, 3.8) is 0 Å². The molecule has 3 nitrogen and oxygen atoms in total. The van der Waals surface area contributed by atoms with Crippen LogP contribution in [0.15, 0.2) is 71.1 Å². The van der Waals surface area contributed by atoms with Crippen molar-refractivity contribution in [2.75, 3.05) is 5.32 Å². The smallest absolute Gasteiger partial charge is 0.255 e. The maximum atomic E-state index is 12.7. The molecule has 0 saturated heterocycles. The summed E-state index contributed by atoms with van der Waals surface area (Å²) in [6.45, 7) is 0. The molecule has 140 valence electrons. The van der Waals surface area contributed by atoms with Gasteiger partial charge in [0.1, 0.15) is 11.2 Å². The molecule has 1 aliphatic carbocycles. The van der Waals surface area contributed by atoms with Gasteiger partial charge in [-0.3, -0.25) is 4.79 Å². The molecule has 1 aliphatic rings. The number of rotatable bonds is 3. The monoisotopic (exact) mass is 369 g/mol. The molecule has 0 radical (unpaired) electrons. The highest BCUT2D eigenvalue weighted by atomic mass is 16.3. The minimum atomic E-state index is -0.0920. The van der Waals surface area contributed by atoms with Gasteiger partial charge < -0.3 is 9.73 Å².